The van der Waals surface area contributed by atoms with Crippen molar-refractivity contribution in [1.82, 2.24) is 5.32 Å². The van der Waals surface area contributed by atoms with Gasteiger partial charge in [0.25, 0.3) is 5.91 Å². The van der Waals surface area contributed by atoms with Crippen LogP contribution in [0, 0.1) is 27.6 Å². The second-order valence-corrected chi connectivity index (χ2v) is 5.11. The Balaban J connectivity index is 2.01. The third-order valence-corrected chi connectivity index (χ3v) is 3.28. The van der Waals surface area contributed by atoms with E-state index in [1.807, 2.05) is 0 Å². The molecule has 0 aliphatic carbocycles. The molecule has 1 unspecified atom stereocenters. The maximum atomic E-state index is 13.6. The molecule has 0 spiro atoms. The molecule has 6 nitrogen and oxygen atoms in total. The van der Waals surface area contributed by atoms with Gasteiger partial charge in [0.15, 0.2) is 6.61 Å². The quantitative estimate of drug-likeness (QED) is 0.638. The number of amides is 1. The first-order chi connectivity index (χ1) is 11.8. The molecule has 25 heavy (non-hydrogen) atoms. The van der Waals surface area contributed by atoms with E-state index in [1.54, 1.807) is 0 Å². The van der Waals surface area contributed by atoms with Crippen LogP contribution >= 0.6 is 0 Å². The van der Waals surface area contributed by atoms with E-state index in [2.05, 4.69) is 5.32 Å². The van der Waals surface area contributed by atoms with Crippen LogP contribution in [0.2, 0.25) is 0 Å². The molecule has 0 aromatic heterocycles. The highest BCUT2D eigenvalue weighted by molar-refractivity contribution is 5.78. The molecule has 132 valence electrons. The van der Waals surface area contributed by atoms with E-state index in [0.717, 1.165) is 24.3 Å². The van der Waals surface area contributed by atoms with Crippen molar-refractivity contribution in [2.24, 2.45) is 0 Å². The van der Waals surface area contributed by atoms with Crippen LogP contribution in [-0.4, -0.2) is 17.4 Å². The van der Waals surface area contributed by atoms with Gasteiger partial charge in [0.05, 0.1) is 11.0 Å². The van der Waals surface area contributed by atoms with E-state index in [1.165, 1.54) is 13.0 Å². The fraction of sp³-hybridized carbons (Fsp3) is 0.188. The summed E-state index contributed by atoms with van der Waals surface area (Å²) in [5.41, 5.74) is -0.432. The lowest BCUT2D eigenvalue weighted by Crippen LogP contribution is -2.31. The minimum atomic E-state index is -0.825. The van der Waals surface area contributed by atoms with E-state index in [4.69, 9.17) is 4.74 Å². The van der Waals surface area contributed by atoms with E-state index < -0.39 is 52.4 Å². The number of nitro benzene ring substituents is 1. The Hall–Kier alpha value is -3.10. The molecule has 0 saturated carbocycles. The number of benzene rings is 2. The van der Waals surface area contributed by atoms with Crippen LogP contribution in [0.15, 0.2) is 36.4 Å². The fourth-order valence-electron chi connectivity index (χ4n) is 2.11. The predicted octanol–water partition coefficient (Wildman–Crippen LogP) is 3.27. The maximum absolute atomic E-state index is 13.6. The number of halogens is 3. The zero-order valence-corrected chi connectivity index (χ0v) is 13.0. The van der Waals surface area contributed by atoms with Crippen LogP contribution in [-0.2, 0) is 4.79 Å². The third-order valence-electron chi connectivity index (χ3n) is 3.28. The van der Waals surface area contributed by atoms with Crippen molar-refractivity contribution >= 4 is 11.6 Å². The SMILES string of the molecule is CC(NC(=O)COc1cc(F)ccc1[N+](=O)[O-])c1ccc(F)cc1F. The molecule has 2 aromatic rings. The van der Waals surface area contributed by atoms with Gasteiger partial charge in [-0.3, -0.25) is 14.9 Å². The number of hydrogen-bond donors (Lipinski definition) is 1. The summed E-state index contributed by atoms with van der Waals surface area (Å²) in [4.78, 5) is 21.9. The first-order valence-corrected chi connectivity index (χ1v) is 7.09. The van der Waals surface area contributed by atoms with Crippen molar-refractivity contribution in [3.05, 3.63) is 69.5 Å². The minimum absolute atomic E-state index is 0.0616. The molecule has 0 saturated heterocycles. The number of nitrogens with one attached hydrogen (secondary N) is 1. The Bertz CT molecular complexity index is 814. The summed E-state index contributed by atoms with van der Waals surface area (Å²) in [6, 6.07) is 4.73. The lowest BCUT2D eigenvalue weighted by molar-refractivity contribution is -0.385. The van der Waals surface area contributed by atoms with Gasteiger partial charge in [-0.1, -0.05) is 6.07 Å². The predicted molar refractivity (Wildman–Crippen MR) is 81.5 cm³/mol. The smallest absolute Gasteiger partial charge is 0.311 e. The van der Waals surface area contributed by atoms with Crippen molar-refractivity contribution in [2.75, 3.05) is 6.61 Å². The molecule has 9 heteroatoms. The molecule has 0 bridgehead atoms. The molecule has 1 amide bonds. The highest BCUT2D eigenvalue weighted by Crippen LogP contribution is 2.27. The molecular formula is C16H13F3N2O4. The average molecular weight is 354 g/mol. The van der Waals surface area contributed by atoms with Gasteiger partial charge >= 0.3 is 5.69 Å². The van der Waals surface area contributed by atoms with Gasteiger partial charge in [-0.15, -0.1) is 0 Å². The topological polar surface area (TPSA) is 81.5 Å². The monoisotopic (exact) mass is 354 g/mol. The Morgan fingerprint density at radius 3 is 2.48 bits per heavy atom. The molecular weight excluding hydrogens is 341 g/mol. The summed E-state index contributed by atoms with van der Waals surface area (Å²) in [7, 11) is 0. The van der Waals surface area contributed by atoms with Gasteiger partial charge in [0, 0.05) is 23.8 Å². The summed E-state index contributed by atoms with van der Waals surface area (Å²) in [5.74, 6) is -3.45. The second kappa shape index (κ2) is 7.65. The molecule has 0 heterocycles. The Morgan fingerprint density at radius 2 is 1.84 bits per heavy atom. The van der Waals surface area contributed by atoms with Gasteiger partial charge in [0.2, 0.25) is 5.75 Å². The highest BCUT2D eigenvalue weighted by Gasteiger charge is 2.19. The molecule has 1 atom stereocenters. The van der Waals surface area contributed by atoms with E-state index in [0.29, 0.717) is 6.07 Å². The van der Waals surface area contributed by atoms with E-state index in [9.17, 15) is 28.1 Å². The lowest BCUT2D eigenvalue weighted by atomic mass is 10.1. The number of rotatable bonds is 6. The summed E-state index contributed by atoms with van der Waals surface area (Å²) >= 11 is 0. The van der Waals surface area contributed by atoms with Gasteiger partial charge in [-0.05, 0) is 19.1 Å². The molecule has 0 radical (unpaired) electrons. The largest absolute Gasteiger partial charge is 0.477 e. The van der Waals surface area contributed by atoms with Crippen LogP contribution in [0.4, 0.5) is 18.9 Å². The minimum Gasteiger partial charge on any atom is -0.477 e. The van der Waals surface area contributed by atoms with Crippen molar-refractivity contribution in [2.45, 2.75) is 13.0 Å². The third kappa shape index (κ3) is 4.69. The number of nitro groups is 1. The second-order valence-electron chi connectivity index (χ2n) is 5.11. The van der Waals surface area contributed by atoms with Crippen molar-refractivity contribution in [1.29, 1.82) is 0 Å². The number of carbonyl (C=O) groups excluding carboxylic acids is 1. The van der Waals surface area contributed by atoms with Crippen LogP contribution in [0.3, 0.4) is 0 Å². The zero-order valence-electron chi connectivity index (χ0n) is 13.0. The fourth-order valence-corrected chi connectivity index (χ4v) is 2.11. The number of ether oxygens (including phenoxy) is 1. The lowest BCUT2D eigenvalue weighted by Gasteiger charge is -2.15. The van der Waals surface area contributed by atoms with Crippen LogP contribution < -0.4 is 10.1 Å². The van der Waals surface area contributed by atoms with Gasteiger partial charge in [-0.25, -0.2) is 13.2 Å². The molecule has 0 aliphatic heterocycles. The standard InChI is InChI=1S/C16H13F3N2O4/c1-9(12-4-2-10(17)6-13(12)19)20-16(22)8-25-15-7-11(18)3-5-14(15)21(23)24/h2-7,9H,8H2,1H3,(H,20,22). The summed E-state index contributed by atoms with van der Waals surface area (Å²) in [6.07, 6.45) is 0. The molecule has 2 rings (SSSR count). The van der Waals surface area contributed by atoms with E-state index >= 15 is 0 Å². The highest BCUT2D eigenvalue weighted by atomic mass is 19.1. The first kappa shape index (κ1) is 18.2. The number of hydrogen-bond acceptors (Lipinski definition) is 4. The van der Waals surface area contributed by atoms with Crippen LogP contribution in [0.5, 0.6) is 5.75 Å². The van der Waals surface area contributed by atoms with Crippen LogP contribution in [0.25, 0.3) is 0 Å². The molecule has 1 N–H and O–H groups in total. The van der Waals surface area contributed by atoms with Crippen molar-refractivity contribution in [3.8, 4) is 5.75 Å². The normalized spacial score (nSPS) is 11.7. The average Bonchev–Trinajstić information content (AvgIpc) is 2.52. The van der Waals surface area contributed by atoms with Crippen molar-refractivity contribution < 1.29 is 27.6 Å². The maximum Gasteiger partial charge on any atom is 0.311 e. The molecule has 2 aromatic carbocycles. The summed E-state index contributed by atoms with van der Waals surface area (Å²) < 4.78 is 44.7. The van der Waals surface area contributed by atoms with Gasteiger partial charge in [0.1, 0.15) is 17.5 Å². The number of carbonyl (C=O) groups is 1. The first-order valence-electron chi connectivity index (χ1n) is 7.09. The zero-order chi connectivity index (χ0) is 18.6. The summed E-state index contributed by atoms with van der Waals surface area (Å²) in [5, 5.41) is 13.2. The summed E-state index contributed by atoms with van der Waals surface area (Å²) in [6.45, 7) is 0.830. The van der Waals surface area contributed by atoms with Crippen molar-refractivity contribution in [3.63, 3.8) is 0 Å². The Kier molecular flexibility index (Phi) is 5.58. The molecule has 0 aliphatic rings. The number of nitrogens with zero attached hydrogens (tertiary/aromatic N) is 1. The van der Waals surface area contributed by atoms with Crippen LogP contribution in [0.1, 0.15) is 18.5 Å². The Morgan fingerprint density at radius 1 is 1.20 bits per heavy atom. The Labute approximate surface area is 140 Å². The van der Waals surface area contributed by atoms with E-state index in [-0.39, 0.29) is 5.56 Å². The molecule has 0 fully saturated rings. The van der Waals surface area contributed by atoms with Gasteiger partial charge in [-0.2, -0.15) is 0 Å². The van der Waals surface area contributed by atoms with Gasteiger partial charge < -0.3 is 10.1 Å².